The van der Waals surface area contributed by atoms with E-state index in [4.69, 9.17) is 18.9 Å². The zero-order valence-electron chi connectivity index (χ0n) is 29.7. The zero-order valence-corrected chi connectivity index (χ0v) is 29.7. The highest BCUT2D eigenvalue weighted by molar-refractivity contribution is 5.81. The van der Waals surface area contributed by atoms with Gasteiger partial charge in [-0.05, 0) is 98.1 Å². The third-order valence-corrected chi connectivity index (χ3v) is 10.2. The van der Waals surface area contributed by atoms with Crippen LogP contribution in [0.1, 0.15) is 97.6 Å². The van der Waals surface area contributed by atoms with Crippen molar-refractivity contribution < 1.29 is 38.7 Å². The lowest BCUT2D eigenvalue weighted by atomic mass is 9.60. The molecule has 1 fully saturated rings. The molecule has 1 aliphatic carbocycles. The molecular formula is C40H56O8. The van der Waals surface area contributed by atoms with Crippen LogP contribution in [0.4, 0.5) is 0 Å². The van der Waals surface area contributed by atoms with Gasteiger partial charge in [0.15, 0.2) is 0 Å². The van der Waals surface area contributed by atoms with Crippen LogP contribution in [0, 0.1) is 5.92 Å². The van der Waals surface area contributed by atoms with Crippen molar-refractivity contribution in [2.24, 2.45) is 5.92 Å². The first-order valence-corrected chi connectivity index (χ1v) is 17.1. The van der Waals surface area contributed by atoms with Crippen molar-refractivity contribution in [3.8, 4) is 11.5 Å². The Hall–Kier alpha value is -3.62. The summed E-state index contributed by atoms with van der Waals surface area (Å²) in [6.07, 6.45) is 5.87. The number of carbonyl (C=O) groups excluding carboxylic acids is 2. The van der Waals surface area contributed by atoms with Crippen LogP contribution in [0.3, 0.4) is 0 Å². The number of aliphatic hydroxyl groups is 2. The second-order valence-corrected chi connectivity index (χ2v) is 14.4. The van der Waals surface area contributed by atoms with Crippen molar-refractivity contribution in [2.75, 3.05) is 13.2 Å². The third-order valence-electron chi connectivity index (χ3n) is 10.2. The molecule has 264 valence electrons. The lowest BCUT2D eigenvalue weighted by molar-refractivity contribution is -0.143. The van der Waals surface area contributed by atoms with Gasteiger partial charge in [-0.1, -0.05) is 65.1 Å². The first-order chi connectivity index (χ1) is 22.6. The average Bonchev–Trinajstić information content (AvgIpc) is 3.06. The number of ether oxygens (including phenoxy) is 4. The number of benzene rings is 2. The van der Waals surface area contributed by atoms with E-state index in [0.717, 1.165) is 43.6 Å². The summed E-state index contributed by atoms with van der Waals surface area (Å²) in [5.74, 6) is 0.917. The smallest absolute Gasteiger partial charge is 0.330 e. The van der Waals surface area contributed by atoms with Gasteiger partial charge in [-0.3, -0.25) is 0 Å². The van der Waals surface area contributed by atoms with Crippen LogP contribution >= 0.6 is 0 Å². The maximum atomic E-state index is 11.4. The van der Waals surface area contributed by atoms with Crippen molar-refractivity contribution >= 4 is 11.9 Å². The van der Waals surface area contributed by atoms with E-state index < -0.39 is 35.9 Å². The summed E-state index contributed by atoms with van der Waals surface area (Å²) >= 11 is 0. The molecule has 3 rings (SSSR count). The fourth-order valence-electron chi connectivity index (χ4n) is 6.68. The summed E-state index contributed by atoms with van der Waals surface area (Å²) in [6.45, 7) is 19.5. The fraction of sp³-hybridized carbons (Fsp3) is 0.550. The summed E-state index contributed by atoms with van der Waals surface area (Å²) in [6, 6.07) is 16.6. The summed E-state index contributed by atoms with van der Waals surface area (Å²) in [7, 11) is 0. The molecule has 0 aromatic heterocycles. The van der Waals surface area contributed by atoms with Crippen LogP contribution in [0.25, 0.3) is 0 Å². The highest BCUT2D eigenvalue weighted by Gasteiger charge is 2.39. The number of esters is 2. The Kier molecular flexibility index (Phi) is 13.9. The summed E-state index contributed by atoms with van der Waals surface area (Å²) < 4.78 is 22.3. The molecule has 2 N–H and O–H groups in total. The highest BCUT2D eigenvalue weighted by atomic mass is 16.5. The van der Waals surface area contributed by atoms with Crippen molar-refractivity contribution in [3.63, 3.8) is 0 Å². The molecule has 8 nitrogen and oxygen atoms in total. The predicted molar refractivity (Wildman–Crippen MR) is 188 cm³/mol. The summed E-state index contributed by atoms with van der Waals surface area (Å²) in [5, 5.41) is 20.7. The van der Waals surface area contributed by atoms with Crippen LogP contribution < -0.4 is 9.47 Å². The van der Waals surface area contributed by atoms with Crippen molar-refractivity contribution in [1.82, 2.24) is 0 Å². The molecule has 8 heteroatoms. The molecule has 1 aliphatic rings. The Morgan fingerprint density at radius 3 is 2.06 bits per heavy atom. The van der Waals surface area contributed by atoms with Crippen LogP contribution in [-0.4, -0.2) is 59.3 Å². The van der Waals surface area contributed by atoms with E-state index in [2.05, 4.69) is 58.2 Å². The van der Waals surface area contributed by atoms with Gasteiger partial charge >= 0.3 is 11.9 Å². The minimum absolute atomic E-state index is 0.0147. The molecule has 0 bridgehead atoms. The molecule has 48 heavy (non-hydrogen) atoms. The first kappa shape index (κ1) is 38.8. The Morgan fingerprint density at radius 1 is 0.917 bits per heavy atom. The van der Waals surface area contributed by atoms with E-state index in [1.165, 1.54) is 11.1 Å². The standard InChI is InChI=1S/C40H56O8/c1-9-36(43)46-27-33(42)25-40(8,11-3)48-35-18-12-29(13-19-35)38(5,6)30-20-22-39(7,23-21-30)31-14-16-34(17-15-31)45-26-32(41)24-28(4)47-37(44)10-2/h9-10,12-19,28,30,32-33,41-42H,1-2,11,20-27H2,3-8H3. The van der Waals surface area contributed by atoms with Gasteiger partial charge in [0.2, 0.25) is 0 Å². The Bertz CT molecular complexity index is 1340. The second kappa shape index (κ2) is 17.2. The quantitative estimate of drug-likeness (QED) is 0.125. The van der Waals surface area contributed by atoms with Crippen LogP contribution in [0.5, 0.6) is 11.5 Å². The first-order valence-electron chi connectivity index (χ1n) is 17.1. The van der Waals surface area contributed by atoms with Crippen molar-refractivity contribution in [1.29, 1.82) is 0 Å². The number of hydrogen-bond acceptors (Lipinski definition) is 8. The molecule has 4 unspecified atom stereocenters. The van der Waals surface area contributed by atoms with Crippen LogP contribution in [0.15, 0.2) is 73.8 Å². The SMILES string of the molecule is C=CC(=O)OCC(O)CC(C)(CC)Oc1ccc(C(C)(C)C2CCC(C)(c3ccc(OCC(O)CC(C)OC(=O)C=C)cc3)CC2)cc1. The molecule has 4 atom stereocenters. The van der Waals surface area contributed by atoms with E-state index in [0.29, 0.717) is 24.5 Å². The van der Waals surface area contributed by atoms with Crippen LogP contribution in [-0.2, 0) is 29.9 Å². The lowest BCUT2D eigenvalue weighted by Gasteiger charge is -2.44. The van der Waals surface area contributed by atoms with Crippen LogP contribution in [0.2, 0.25) is 0 Å². The Morgan fingerprint density at radius 2 is 1.50 bits per heavy atom. The van der Waals surface area contributed by atoms with Crippen molar-refractivity contribution in [2.45, 2.75) is 121 Å². The topological polar surface area (TPSA) is 112 Å². The molecule has 2 aromatic rings. The molecule has 0 spiro atoms. The van der Waals surface area contributed by atoms with Gasteiger partial charge in [0.1, 0.15) is 36.4 Å². The van der Waals surface area contributed by atoms with E-state index in [1.807, 2.05) is 38.1 Å². The molecule has 0 amide bonds. The summed E-state index contributed by atoms with van der Waals surface area (Å²) in [5.41, 5.74) is 2.01. The van der Waals surface area contributed by atoms with Gasteiger partial charge < -0.3 is 29.2 Å². The minimum Gasteiger partial charge on any atom is -0.491 e. The number of rotatable bonds is 18. The normalized spacial score (nSPS) is 21.1. The van der Waals surface area contributed by atoms with Gasteiger partial charge in [0, 0.05) is 25.0 Å². The molecule has 1 saturated carbocycles. The van der Waals surface area contributed by atoms with Gasteiger partial charge in [-0.25, -0.2) is 9.59 Å². The van der Waals surface area contributed by atoms with E-state index >= 15 is 0 Å². The van der Waals surface area contributed by atoms with E-state index in [-0.39, 0.29) is 30.5 Å². The van der Waals surface area contributed by atoms with Gasteiger partial charge in [0.25, 0.3) is 0 Å². The lowest BCUT2D eigenvalue weighted by Crippen LogP contribution is -2.38. The maximum absolute atomic E-state index is 11.4. The summed E-state index contributed by atoms with van der Waals surface area (Å²) in [4.78, 5) is 22.7. The largest absolute Gasteiger partial charge is 0.491 e. The Labute approximate surface area is 287 Å². The number of hydrogen-bond donors (Lipinski definition) is 2. The van der Waals surface area contributed by atoms with Gasteiger partial charge in [-0.15, -0.1) is 0 Å². The number of carbonyl (C=O) groups is 2. The maximum Gasteiger partial charge on any atom is 0.330 e. The van der Waals surface area contributed by atoms with Crippen molar-refractivity contribution in [3.05, 3.63) is 85.0 Å². The van der Waals surface area contributed by atoms with Gasteiger partial charge in [-0.2, -0.15) is 0 Å². The molecule has 0 radical (unpaired) electrons. The number of aliphatic hydroxyl groups excluding tert-OH is 2. The molecular weight excluding hydrogens is 608 g/mol. The molecule has 0 aliphatic heterocycles. The van der Waals surface area contributed by atoms with E-state index in [9.17, 15) is 19.8 Å². The highest BCUT2D eigenvalue weighted by Crippen LogP contribution is 2.48. The fourth-order valence-corrected chi connectivity index (χ4v) is 6.68. The zero-order chi connectivity index (χ0) is 35.5. The monoisotopic (exact) mass is 664 g/mol. The van der Waals surface area contributed by atoms with E-state index in [1.54, 1.807) is 6.92 Å². The molecule has 0 heterocycles. The third kappa shape index (κ3) is 11.0. The average molecular weight is 665 g/mol. The predicted octanol–water partition coefficient (Wildman–Crippen LogP) is 7.39. The molecule has 0 saturated heterocycles. The second-order valence-electron chi connectivity index (χ2n) is 14.4. The Balaban J connectivity index is 1.53. The van der Waals surface area contributed by atoms with Gasteiger partial charge in [0.05, 0.1) is 12.2 Å². The minimum atomic E-state index is -0.836. The molecule has 2 aromatic carbocycles.